The number of hydrogen-bond donors (Lipinski definition) is 2. The molecular formula is C13H17F3N2O. The first-order valence-corrected chi connectivity index (χ1v) is 5.96. The lowest BCUT2D eigenvalue weighted by atomic mass is 10.1. The third-order valence-electron chi connectivity index (χ3n) is 2.44. The van der Waals surface area contributed by atoms with E-state index in [2.05, 4.69) is 5.32 Å². The molecule has 1 rings (SSSR count). The number of halogens is 3. The van der Waals surface area contributed by atoms with Crippen LogP contribution in [0, 0.1) is 6.92 Å². The van der Waals surface area contributed by atoms with Crippen LogP contribution < -0.4 is 10.6 Å². The predicted molar refractivity (Wildman–Crippen MR) is 66.8 cm³/mol. The number of hydrogen-bond acceptors (Lipinski definition) is 2. The summed E-state index contributed by atoms with van der Waals surface area (Å²) in [5.41, 5.74) is 2.28. The second-order valence-corrected chi connectivity index (χ2v) is 4.31. The molecule has 0 fully saturated rings. The number of amides is 1. The Labute approximate surface area is 110 Å². The van der Waals surface area contributed by atoms with Crippen molar-refractivity contribution < 1.29 is 18.0 Å². The van der Waals surface area contributed by atoms with Gasteiger partial charge in [-0.05, 0) is 25.5 Å². The minimum absolute atomic E-state index is 0.109. The number of benzene rings is 1. The largest absolute Gasteiger partial charge is 0.405 e. The number of carbonyl (C=O) groups excluding carboxylic acids is 1. The maximum absolute atomic E-state index is 11.8. The minimum atomic E-state index is -4.36. The minimum Gasteiger partial charge on any atom is -0.346 e. The van der Waals surface area contributed by atoms with Gasteiger partial charge in [-0.1, -0.05) is 29.8 Å². The molecule has 0 aliphatic heterocycles. The molecule has 1 amide bonds. The van der Waals surface area contributed by atoms with Crippen molar-refractivity contribution in [3.8, 4) is 0 Å². The molecule has 19 heavy (non-hydrogen) atoms. The molecule has 2 N–H and O–H groups in total. The van der Waals surface area contributed by atoms with Gasteiger partial charge in [-0.25, -0.2) is 0 Å². The summed E-state index contributed by atoms with van der Waals surface area (Å²) >= 11 is 0. The molecule has 0 aliphatic carbocycles. The number of rotatable bonds is 6. The van der Waals surface area contributed by atoms with Crippen LogP contribution in [-0.2, 0) is 11.2 Å². The fourth-order valence-corrected chi connectivity index (χ4v) is 1.56. The Morgan fingerprint density at radius 1 is 1.32 bits per heavy atom. The molecule has 3 nitrogen and oxygen atoms in total. The van der Waals surface area contributed by atoms with Gasteiger partial charge in [0, 0.05) is 0 Å². The van der Waals surface area contributed by atoms with Gasteiger partial charge < -0.3 is 10.6 Å². The Morgan fingerprint density at radius 2 is 2.05 bits per heavy atom. The highest BCUT2D eigenvalue weighted by molar-refractivity contribution is 5.77. The number of carbonyl (C=O) groups is 1. The summed E-state index contributed by atoms with van der Waals surface area (Å²) in [6.07, 6.45) is -3.63. The van der Waals surface area contributed by atoms with E-state index >= 15 is 0 Å². The van der Waals surface area contributed by atoms with Crippen LogP contribution in [0.5, 0.6) is 0 Å². The Balaban J connectivity index is 2.15. The Kier molecular flexibility index (Phi) is 5.82. The second kappa shape index (κ2) is 7.13. The third kappa shape index (κ3) is 7.46. The zero-order valence-electron chi connectivity index (χ0n) is 10.7. The smallest absolute Gasteiger partial charge is 0.346 e. The van der Waals surface area contributed by atoms with Crippen LogP contribution in [0.3, 0.4) is 0 Å². The van der Waals surface area contributed by atoms with Crippen molar-refractivity contribution in [3.63, 3.8) is 0 Å². The highest BCUT2D eigenvalue weighted by Gasteiger charge is 2.27. The van der Waals surface area contributed by atoms with Crippen molar-refractivity contribution in [1.82, 2.24) is 10.6 Å². The van der Waals surface area contributed by atoms with E-state index in [4.69, 9.17) is 0 Å². The van der Waals surface area contributed by atoms with Crippen LogP contribution in [-0.4, -0.2) is 31.7 Å². The van der Waals surface area contributed by atoms with Gasteiger partial charge in [0.05, 0.1) is 6.54 Å². The van der Waals surface area contributed by atoms with E-state index in [1.54, 1.807) is 5.32 Å². The van der Waals surface area contributed by atoms with Crippen molar-refractivity contribution in [2.24, 2.45) is 0 Å². The van der Waals surface area contributed by atoms with Crippen LogP contribution in [0.15, 0.2) is 24.3 Å². The molecule has 6 heteroatoms. The lowest BCUT2D eigenvalue weighted by Crippen LogP contribution is -2.39. The first-order chi connectivity index (χ1) is 8.87. The second-order valence-electron chi connectivity index (χ2n) is 4.31. The highest BCUT2D eigenvalue weighted by atomic mass is 19.4. The number of alkyl halides is 3. The molecule has 0 heterocycles. The monoisotopic (exact) mass is 274 g/mol. The van der Waals surface area contributed by atoms with Gasteiger partial charge >= 0.3 is 6.18 Å². The topological polar surface area (TPSA) is 41.1 Å². The normalized spacial score (nSPS) is 11.4. The van der Waals surface area contributed by atoms with E-state index in [0.717, 1.165) is 17.5 Å². The van der Waals surface area contributed by atoms with Gasteiger partial charge in [-0.15, -0.1) is 0 Å². The molecule has 0 atom stereocenters. The number of aryl methyl sites for hydroxylation is 1. The van der Waals surface area contributed by atoms with Gasteiger partial charge in [0.2, 0.25) is 5.91 Å². The lowest BCUT2D eigenvalue weighted by molar-refractivity contribution is -0.137. The molecule has 0 aliphatic rings. The van der Waals surface area contributed by atoms with Crippen molar-refractivity contribution in [1.29, 1.82) is 0 Å². The molecule has 0 unspecified atom stereocenters. The average Bonchev–Trinajstić information content (AvgIpc) is 2.31. The SMILES string of the molecule is Cc1cccc(CCNCC(=O)NCC(F)(F)F)c1. The summed E-state index contributed by atoms with van der Waals surface area (Å²) in [6, 6.07) is 7.94. The van der Waals surface area contributed by atoms with Crippen LogP contribution in [0.25, 0.3) is 0 Å². The Hall–Kier alpha value is -1.56. The van der Waals surface area contributed by atoms with Gasteiger partial charge in [-0.3, -0.25) is 4.79 Å². The molecule has 0 saturated heterocycles. The predicted octanol–water partition coefficient (Wildman–Crippen LogP) is 1.81. The van der Waals surface area contributed by atoms with Gasteiger partial charge in [0.15, 0.2) is 0 Å². The Morgan fingerprint density at radius 3 is 2.68 bits per heavy atom. The summed E-state index contributed by atoms with van der Waals surface area (Å²) in [7, 11) is 0. The maximum Gasteiger partial charge on any atom is 0.405 e. The quantitative estimate of drug-likeness (QED) is 0.777. The summed E-state index contributed by atoms with van der Waals surface area (Å²) in [5.74, 6) is -0.651. The highest BCUT2D eigenvalue weighted by Crippen LogP contribution is 2.11. The van der Waals surface area contributed by atoms with E-state index in [9.17, 15) is 18.0 Å². The van der Waals surface area contributed by atoms with Crippen LogP contribution in [0.4, 0.5) is 13.2 Å². The van der Waals surface area contributed by atoms with Crippen LogP contribution >= 0.6 is 0 Å². The number of nitrogens with one attached hydrogen (secondary N) is 2. The molecule has 0 aromatic heterocycles. The standard InChI is InChI=1S/C13H17F3N2O/c1-10-3-2-4-11(7-10)5-6-17-8-12(19)18-9-13(14,15)16/h2-4,7,17H,5-6,8-9H2,1H3,(H,18,19). The third-order valence-corrected chi connectivity index (χ3v) is 2.44. The van der Waals surface area contributed by atoms with Gasteiger partial charge in [0.1, 0.15) is 6.54 Å². The first kappa shape index (κ1) is 15.5. The maximum atomic E-state index is 11.8. The fraction of sp³-hybridized carbons (Fsp3) is 0.462. The summed E-state index contributed by atoms with van der Waals surface area (Å²) in [4.78, 5) is 11.1. The molecule has 1 aromatic rings. The molecule has 106 valence electrons. The van der Waals surface area contributed by atoms with Crippen molar-refractivity contribution in [3.05, 3.63) is 35.4 Å². The zero-order valence-corrected chi connectivity index (χ0v) is 10.7. The molecule has 1 aromatic carbocycles. The van der Waals surface area contributed by atoms with E-state index in [1.165, 1.54) is 0 Å². The van der Waals surface area contributed by atoms with Crippen molar-refractivity contribution in [2.45, 2.75) is 19.5 Å². The van der Waals surface area contributed by atoms with E-state index < -0.39 is 18.6 Å². The molecule has 0 spiro atoms. The summed E-state index contributed by atoms with van der Waals surface area (Å²) in [6.45, 7) is 1.14. The van der Waals surface area contributed by atoms with E-state index in [1.807, 2.05) is 31.2 Å². The van der Waals surface area contributed by atoms with E-state index in [0.29, 0.717) is 6.54 Å². The van der Waals surface area contributed by atoms with Crippen molar-refractivity contribution in [2.75, 3.05) is 19.6 Å². The molecule has 0 saturated carbocycles. The summed E-state index contributed by atoms with van der Waals surface area (Å²) < 4.78 is 35.5. The van der Waals surface area contributed by atoms with Crippen LogP contribution in [0.1, 0.15) is 11.1 Å². The van der Waals surface area contributed by atoms with E-state index in [-0.39, 0.29) is 6.54 Å². The lowest BCUT2D eigenvalue weighted by Gasteiger charge is -2.09. The Bertz CT molecular complexity index is 419. The zero-order chi connectivity index (χ0) is 14.3. The van der Waals surface area contributed by atoms with Crippen molar-refractivity contribution >= 4 is 5.91 Å². The molecule has 0 bridgehead atoms. The molecule has 0 radical (unpaired) electrons. The molecular weight excluding hydrogens is 257 g/mol. The summed E-state index contributed by atoms with van der Waals surface area (Å²) in [5, 5.41) is 4.61. The average molecular weight is 274 g/mol. The van der Waals surface area contributed by atoms with Gasteiger partial charge in [-0.2, -0.15) is 13.2 Å². The van der Waals surface area contributed by atoms with Gasteiger partial charge in [0.25, 0.3) is 0 Å². The van der Waals surface area contributed by atoms with Crippen LogP contribution in [0.2, 0.25) is 0 Å². The fourth-order valence-electron chi connectivity index (χ4n) is 1.56. The first-order valence-electron chi connectivity index (χ1n) is 5.96.